The van der Waals surface area contributed by atoms with Gasteiger partial charge >= 0.3 is 0 Å². The predicted octanol–water partition coefficient (Wildman–Crippen LogP) is 2.57. The topological polar surface area (TPSA) is 12.5 Å². The maximum Gasteiger partial charge on any atom is 0.111 e. The molecule has 0 spiro atoms. The molecule has 2 aliphatic rings. The molecule has 3 unspecified atom stereocenters. The van der Waals surface area contributed by atoms with Crippen molar-refractivity contribution in [3.05, 3.63) is 35.9 Å². The van der Waals surface area contributed by atoms with E-state index in [1.54, 1.807) is 0 Å². The molecule has 2 heterocycles. The van der Waals surface area contributed by atoms with Crippen LogP contribution in [0.2, 0.25) is 0 Å². The van der Waals surface area contributed by atoms with Gasteiger partial charge in [-0.15, -0.1) is 0 Å². The van der Waals surface area contributed by atoms with Crippen molar-refractivity contribution in [2.45, 2.75) is 38.1 Å². The lowest BCUT2D eigenvalue weighted by molar-refractivity contribution is 0.0174. The zero-order chi connectivity index (χ0) is 10.3. The van der Waals surface area contributed by atoms with Crippen molar-refractivity contribution < 1.29 is 4.74 Å². The van der Waals surface area contributed by atoms with E-state index in [0.29, 0.717) is 12.3 Å². The molecule has 0 aromatic heterocycles. The summed E-state index contributed by atoms with van der Waals surface area (Å²) in [5, 5.41) is 0. The minimum atomic E-state index is 0.275. The Bertz CT molecular complexity index is 338. The first-order valence-electron chi connectivity index (χ1n) is 5.82. The molecule has 0 bridgehead atoms. The van der Waals surface area contributed by atoms with E-state index in [9.17, 15) is 0 Å². The minimum Gasteiger partial charge on any atom is -0.354 e. The molecular weight excluding hydrogens is 186 g/mol. The Balaban J connectivity index is 1.85. The average Bonchev–Trinajstić information content (AvgIpc) is 2.83. The van der Waals surface area contributed by atoms with E-state index in [0.717, 1.165) is 0 Å². The van der Waals surface area contributed by atoms with Gasteiger partial charge in [-0.25, -0.2) is 0 Å². The van der Waals surface area contributed by atoms with Gasteiger partial charge in [0.2, 0.25) is 0 Å². The van der Waals surface area contributed by atoms with Crippen LogP contribution in [0.25, 0.3) is 0 Å². The molecule has 1 aromatic rings. The Morgan fingerprint density at radius 2 is 2.07 bits per heavy atom. The highest BCUT2D eigenvalue weighted by Crippen LogP contribution is 2.39. The van der Waals surface area contributed by atoms with Gasteiger partial charge in [-0.3, -0.25) is 4.90 Å². The van der Waals surface area contributed by atoms with Gasteiger partial charge in [0.1, 0.15) is 6.23 Å². The number of fused-ring (bicyclic) bond motifs is 1. The summed E-state index contributed by atoms with van der Waals surface area (Å²) in [5.74, 6) is 0. The van der Waals surface area contributed by atoms with Gasteiger partial charge in [-0.2, -0.15) is 0 Å². The Morgan fingerprint density at radius 1 is 1.27 bits per heavy atom. The maximum absolute atomic E-state index is 6.11. The number of hydrogen-bond donors (Lipinski definition) is 0. The quantitative estimate of drug-likeness (QED) is 0.695. The lowest BCUT2D eigenvalue weighted by Crippen LogP contribution is -2.30. The summed E-state index contributed by atoms with van der Waals surface area (Å²) >= 11 is 0. The zero-order valence-corrected chi connectivity index (χ0v) is 9.10. The van der Waals surface area contributed by atoms with Crippen molar-refractivity contribution in [3.8, 4) is 0 Å². The molecule has 2 nitrogen and oxygen atoms in total. The van der Waals surface area contributed by atoms with Crippen LogP contribution in [0.5, 0.6) is 0 Å². The molecule has 0 aliphatic carbocycles. The summed E-state index contributed by atoms with van der Waals surface area (Å²) in [5.41, 5.74) is 1.32. The van der Waals surface area contributed by atoms with Gasteiger partial charge in [-0.1, -0.05) is 30.3 Å². The molecule has 3 atom stereocenters. The van der Waals surface area contributed by atoms with Crippen molar-refractivity contribution in [2.75, 3.05) is 6.54 Å². The largest absolute Gasteiger partial charge is 0.354 e. The molecule has 0 saturated carbocycles. The number of benzene rings is 1. The van der Waals surface area contributed by atoms with Gasteiger partial charge < -0.3 is 4.74 Å². The second-order valence-corrected chi connectivity index (χ2v) is 4.54. The second kappa shape index (κ2) is 3.62. The molecule has 2 heteroatoms. The predicted molar refractivity (Wildman–Crippen MR) is 59.5 cm³/mol. The van der Waals surface area contributed by atoms with Crippen molar-refractivity contribution in [2.24, 2.45) is 0 Å². The third-order valence-corrected chi connectivity index (χ3v) is 3.63. The first kappa shape index (κ1) is 9.37. The van der Waals surface area contributed by atoms with Gasteiger partial charge in [0.15, 0.2) is 0 Å². The minimum absolute atomic E-state index is 0.275. The fourth-order valence-electron chi connectivity index (χ4n) is 2.83. The van der Waals surface area contributed by atoms with Crippen LogP contribution in [0.3, 0.4) is 0 Å². The standard InChI is InChI=1S/C13H17NO/c1-10-13(11-6-3-2-4-7-11)15-12-8-5-9-14(10)12/h2-4,6-7,10,12-13H,5,8-9H2,1H3. The van der Waals surface area contributed by atoms with E-state index in [1.165, 1.54) is 24.9 Å². The molecule has 2 saturated heterocycles. The summed E-state index contributed by atoms with van der Waals surface area (Å²) in [6, 6.07) is 11.1. The first-order chi connectivity index (χ1) is 7.36. The fraction of sp³-hybridized carbons (Fsp3) is 0.538. The number of hydrogen-bond acceptors (Lipinski definition) is 2. The Hall–Kier alpha value is -0.860. The third-order valence-electron chi connectivity index (χ3n) is 3.63. The van der Waals surface area contributed by atoms with Crippen LogP contribution in [0.15, 0.2) is 30.3 Å². The highest BCUT2D eigenvalue weighted by Gasteiger charge is 2.42. The Kier molecular flexibility index (Phi) is 2.26. The molecular formula is C13H17NO. The summed E-state index contributed by atoms with van der Waals surface area (Å²) in [6.07, 6.45) is 3.14. The second-order valence-electron chi connectivity index (χ2n) is 4.54. The van der Waals surface area contributed by atoms with E-state index >= 15 is 0 Å². The van der Waals surface area contributed by atoms with Crippen molar-refractivity contribution in [1.82, 2.24) is 4.90 Å². The number of nitrogens with zero attached hydrogens (tertiary/aromatic N) is 1. The molecule has 2 aliphatic heterocycles. The van der Waals surface area contributed by atoms with Crippen LogP contribution < -0.4 is 0 Å². The molecule has 80 valence electrons. The highest BCUT2D eigenvalue weighted by atomic mass is 16.5. The normalized spacial score (nSPS) is 35.7. The summed E-state index contributed by atoms with van der Waals surface area (Å²) in [6.45, 7) is 3.48. The van der Waals surface area contributed by atoms with Gasteiger partial charge in [0, 0.05) is 12.6 Å². The van der Waals surface area contributed by atoms with Gasteiger partial charge in [-0.05, 0) is 25.3 Å². The van der Waals surface area contributed by atoms with E-state index in [-0.39, 0.29) is 6.10 Å². The third kappa shape index (κ3) is 1.48. The van der Waals surface area contributed by atoms with Crippen LogP contribution in [-0.4, -0.2) is 23.7 Å². The molecule has 0 amide bonds. The van der Waals surface area contributed by atoms with Crippen LogP contribution in [-0.2, 0) is 4.74 Å². The Labute approximate surface area is 90.8 Å². The van der Waals surface area contributed by atoms with Crippen LogP contribution in [0.1, 0.15) is 31.4 Å². The lowest BCUT2D eigenvalue weighted by Gasteiger charge is -2.20. The smallest absolute Gasteiger partial charge is 0.111 e. The number of ether oxygens (including phenoxy) is 1. The molecule has 1 aromatic carbocycles. The molecule has 15 heavy (non-hydrogen) atoms. The average molecular weight is 203 g/mol. The molecule has 0 radical (unpaired) electrons. The molecule has 0 N–H and O–H groups in total. The van der Waals surface area contributed by atoms with Crippen LogP contribution in [0.4, 0.5) is 0 Å². The van der Waals surface area contributed by atoms with Gasteiger partial charge in [0.05, 0.1) is 6.10 Å². The fourth-order valence-corrected chi connectivity index (χ4v) is 2.83. The van der Waals surface area contributed by atoms with Crippen molar-refractivity contribution in [3.63, 3.8) is 0 Å². The zero-order valence-electron chi connectivity index (χ0n) is 9.10. The van der Waals surface area contributed by atoms with E-state index in [4.69, 9.17) is 4.74 Å². The maximum atomic E-state index is 6.11. The monoisotopic (exact) mass is 203 g/mol. The summed E-state index contributed by atoms with van der Waals surface area (Å²) < 4.78 is 6.11. The molecule has 2 fully saturated rings. The molecule has 3 rings (SSSR count). The summed E-state index contributed by atoms with van der Waals surface area (Å²) in [4.78, 5) is 2.50. The first-order valence-corrected chi connectivity index (χ1v) is 5.82. The Morgan fingerprint density at radius 3 is 2.80 bits per heavy atom. The van der Waals surface area contributed by atoms with E-state index in [1.807, 2.05) is 0 Å². The van der Waals surface area contributed by atoms with Crippen molar-refractivity contribution >= 4 is 0 Å². The van der Waals surface area contributed by atoms with Crippen molar-refractivity contribution in [1.29, 1.82) is 0 Å². The number of rotatable bonds is 1. The van der Waals surface area contributed by atoms with Gasteiger partial charge in [0.25, 0.3) is 0 Å². The summed E-state index contributed by atoms with van der Waals surface area (Å²) in [7, 11) is 0. The lowest BCUT2D eigenvalue weighted by atomic mass is 10.0. The van der Waals surface area contributed by atoms with Crippen LogP contribution >= 0.6 is 0 Å². The SMILES string of the molecule is CC1C(c2ccccc2)OC2CCCN21. The van der Waals surface area contributed by atoms with Crippen LogP contribution in [0, 0.1) is 0 Å². The van der Waals surface area contributed by atoms with E-state index < -0.39 is 0 Å². The highest BCUT2D eigenvalue weighted by molar-refractivity contribution is 5.20. The van der Waals surface area contributed by atoms with E-state index in [2.05, 4.69) is 42.2 Å².